The van der Waals surface area contributed by atoms with Crippen molar-refractivity contribution in [2.45, 2.75) is 163 Å². The number of aliphatic carboxylic acids is 1. The Bertz CT molecular complexity index is 1840. The lowest BCUT2D eigenvalue weighted by atomic mass is 9.83. The second-order valence-electron chi connectivity index (χ2n) is 20.0. The van der Waals surface area contributed by atoms with E-state index in [1.807, 2.05) is 71.9 Å². The quantitative estimate of drug-likeness (QED) is 0.0684. The zero-order valence-corrected chi connectivity index (χ0v) is 42.5. The van der Waals surface area contributed by atoms with E-state index in [0.717, 1.165) is 5.56 Å². The summed E-state index contributed by atoms with van der Waals surface area (Å²) in [6.45, 7) is 15.9. The van der Waals surface area contributed by atoms with Crippen LogP contribution in [0.3, 0.4) is 0 Å². The van der Waals surface area contributed by atoms with Gasteiger partial charge in [-0.2, -0.15) is 0 Å². The smallest absolute Gasteiger partial charge is 0.307 e. The largest absolute Gasteiger partial charge is 0.481 e. The summed E-state index contributed by atoms with van der Waals surface area (Å²) >= 11 is 0. The summed E-state index contributed by atoms with van der Waals surface area (Å²) in [5.41, 5.74) is 0.829. The number of methoxy groups -OCH3 is 2. The van der Waals surface area contributed by atoms with E-state index in [-0.39, 0.29) is 103 Å². The van der Waals surface area contributed by atoms with Crippen molar-refractivity contribution in [1.29, 1.82) is 0 Å². The Kier molecular flexibility index (Phi) is 22.8. The molecule has 2 saturated heterocycles. The fourth-order valence-electron chi connectivity index (χ4n) is 10.3. The minimum Gasteiger partial charge on any atom is -0.481 e. The van der Waals surface area contributed by atoms with Crippen LogP contribution in [0.1, 0.15) is 132 Å². The number of ketones is 2. The number of benzene rings is 1. The highest BCUT2D eigenvalue weighted by molar-refractivity contribution is 6.03. The highest BCUT2D eigenvalue weighted by Gasteiger charge is 2.44. The van der Waals surface area contributed by atoms with Gasteiger partial charge in [0.05, 0.1) is 42.7 Å². The fraction of sp³-hybridized carbons (Fsp3) is 0.731. The minimum atomic E-state index is -1.05. The van der Waals surface area contributed by atoms with E-state index in [9.17, 15) is 43.5 Å². The zero-order valence-electron chi connectivity index (χ0n) is 42.5. The van der Waals surface area contributed by atoms with Crippen molar-refractivity contribution < 1.29 is 52.9 Å². The van der Waals surface area contributed by atoms with Crippen LogP contribution in [-0.2, 0) is 54.3 Å². The van der Waals surface area contributed by atoms with Crippen molar-refractivity contribution in [3.05, 3.63) is 35.9 Å². The fourth-order valence-corrected chi connectivity index (χ4v) is 10.3. The summed E-state index contributed by atoms with van der Waals surface area (Å²) in [6.07, 6.45) is 2.76. The molecule has 15 nitrogen and oxygen atoms in total. The molecular formula is C52H82N4O11. The average molecular weight is 939 g/mol. The van der Waals surface area contributed by atoms with Crippen molar-refractivity contribution >= 4 is 47.1 Å². The number of Topliss-reactive ketones (excluding diaryl/α,β-unsaturated/α-hetero) is 2. The monoisotopic (exact) mass is 939 g/mol. The lowest BCUT2D eigenvalue weighted by Gasteiger charge is -2.41. The van der Waals surface area contributed by atoms with Gasteiger partial charge in [-0.25, -0.2) is 0 Å². The number of imide groups is 1. The minimum absolute atomic E-state index is 0.0438. The van der Waals surface area contributed by atoms with E-state index in [2.05, 4.69) is 0 Å². The van der Waals surface area contributed by atoms with Gasteiger partial charge in [0.25, 0.3) is 0 Å². The lowest BCUT2D eigenvalue weighted by molar-refractivity contribution is -0.150. The molecule has 0 saturated carbocycles. The highest BCUT2D eigenvalue weighted by atomic mass is 16.5. The molecule has 0 aromatic heterocycles. The number of amides is 5. The normalized spacial score (nSPS) is 20.0. The number of hydrogen-bond donors (Lipinski definition) is 1. The first kappa shape index (κ1) is 56.8. The van der Waals surface area contributed by atoms with E-state index in [1.54, 1.807) is 37.7 Å². The van der Waals surface area contributed by atoms with Crippen LogP contribution in [0, 0.1) is 41.4 Å². The van der Waals surface area contributed by atoms with Gasteiger partial charge in [-0.1, -0.05) is 98.6 Å². The number of nitrogens with zero attached hydrogens (tertiary/aromatic N) is 4. The van der Waals surface area contributed by atoms with Gasteiger partial charge >= 0.3 is 5.97 Å². The van der Waals surface area contributed by atoms with E-state index in [1.165, 1.54) is 24.0 Å². The number of likely N-dealkylation sites (N-methyl/N-ethyl adjacent to an activating group) is 2. The second-order valence-corrected chi connectivity index (χ2v) is 20.0. The van der Waals surface area contributed by atoms with Crippen molar-refractivity contribution in [1.82, 2.24) is 19.6 Å². The van der Waals surface area contributed by atoms with Crippen LogP contribution >= 0.6 is 0 Å². The first-order chi connectivity index (χ1) is 31.6. The predicted molar refractivity (Wildman–Crippen MR) is 255 cm³/mol. The molecule has 1 N–H and O–H groups in total. The van der Waals surface area contributed by atoms with Gasteiger partial charge in [-0.15, -0.1) is 0 Å². The summed E-state index contributed by atoms with van der Waals surface area (Å²) in [5.74, 6) is -5.57. The number of ether oxygens (including phenoxy) is 2. The molecule has 1 aromatic carbocycles. The molecule has 0 radical (unpaired) electrons. The molecule has 376 valence electrons. The molecule has 0 aliphatic carbocycles. The summed E-state index contributed by atoms with van der Waals surface area (Å²) in [6, 6.07) is 7.50. The van der Waals surface area contributed by atoms with E-state index in [4.69, 9.17) is 9.47 Å². The maximum absolute atomic E-state index is 14.6. The molecule has 3 rings (SSSR count). The van der Waals surface area contributed by atoms with Gasteiger partial charge in [0.15, 0.2) is 5.78 Å². The molecule has 2 fully saturated rings. The standard InChI is InChI=1S/C52H82N4O11/c1-13-34(6)48(43(66-11)31-46(61)55-26-20-23-40(55)49(67-12)36(8)41(57)29-38(52(64)65)28-37-21-16-14-17-22-37)54(10)51(63)39(32(2)3)30-42(58)47(33(4)5)53(9)44(59)24-18-15-19-25-56-45(60)27-35(7)50(56)62/h14,16-17,21-22,32-36,38-40,43,47-49H,13,15,18-20,23-31H2,1-12H3,(H,64,65)/t34-,35?,36-,38+,39-,40?,43+,47-,48-,49+/m0/s1. The molecule has 67 heavy (non-hydrogen) atoms. The first-order valence-electron chi connectivity index (χ1n) is 24.6. The van der Waals surface area contributed by atoms with Crippen LogP contribution in [0.15, 0.2) is 30.3 Å². The number of unbranched alkanes of at least 4 members (excludes halogenated alkanes) is 2. The van der Waals surface area contributed by atoms with Crippen LogP contribution < -0.4 is 0 Å². The zero-order chi connectivity index (χ0) is 50.3. The number of carboxylic acid groups (broad SMARTS) is 1. The third-order valence-electron chi connectivity index (χ3n) is 14.5. The van der Waals surface area contributed by atoms with Gasteiger partial charge < -0.3 is 29.3 Å². The van der Waals surface area contributed by atoms with Crippen LogP contribution in [0.5, 0.6) is 0 Å². The number of carbonyl (C=O) groups is 8. The Morgan fingerprint density at radius 1 is 0.836 bits per heavy atom. The van der Waals surface area contributed by atoms with Crippen LogP contribution in [0.25, 0.3) is 0 Å². The lowest BCUT2D eigenvalue weighted by Crippen LogP contribution is -2.54. The maximum Gasteiger partial charge on any atom is 0.307 e. The first-order valence-corrected chi connectivity index (χ1v) is 24.6. The van der Waals surface area contributed by atoms with Crippen molar-refractivity contribution in [3.63, 3.8) is 0 Å². The van der Waals surface area contributed by atoms with Gasteiger partial charge in [0.2, 0.25) is 29.5 Å². The molecule has 5 amide bonds. The summed E-state index contributed by atoms with van der Waals surface area (Å²) in [5, 5.41) is 10.0. The third-order valence-corrected chi connectivity index (χ3v) is 14.5. The van der Waals surface area contributed by atoms with Crippen molar-refractivity contribution in [2.75, 3.05) is 41.4 Å². The number of hydrogen-bond acceptors (Lipinski definition) is 10. The highest BCUT2D eigenvalue weighted by Crippen LogP contribution is 2.32. The molecule has 2 unspecified atom stereocenters. The molecule has 2 aliphatic rings. The Hall–Kier alpha value is -4.50. The molecule has 2 aliphatic heterocycles. The van der Waals surface area contributed by atoms with Gasteiger partial charge in [-0.3, -0.25) is 43.3 Å². The number of carboxylic acids is 1. The van der Waals surface area contributed by atoms with E-state index >= 15 is 0 Å². The van der Waals surface area contributed by atoms with E-state index in [0.29, 0.717) is 51.6 Å². The van der Waals surface area contributed by atoms with Gasteiger partial charge in [0, 0.05) is 84.8 Å². The topological polar surface area (TPSA) is 188 Å². The number of carbonyl (C=O) groups excluding carboxylic acids is 7. The Balaban J connectivity index is 1.71. The van der Waals surface area contributed by atoms with Crippen LogP contribution in [-0.4, -0.2) is 144 Å². The molecule has 0 bridgehead atoms. The second kappa shape index (κ2) is 26.9. The Morgan fingerprint density at radius 2 is 1.49 bits per heavy atom. The Labute approximate surface area is 400 Å². The number of rotatable bonds is 29. The SMILES string of the molecule is CC[C@H](C)[C@@H]([C@@H](CC(=O)N1CCCC1[C@H](OC)[C@@H](C)C(=O)C[C@@H](Cc1ccccc1)C(=O)O)OC)N(C)C(=O)[C@@H](CC(=O)[C@H](C(C)C)N(C)C(=O)CCCCCN1C(=O)CC(C)C1=O)C(C)C. The molecule has 2 heterocycles. The van der Waals surface area contributed by atoms with Crippen LogP contribution in [0.2, 0.25) is 0 Å². The molecular weight excluding hydrogens is 857 g/mol. The average Bonchev–Trinajstić information content (AvgIpc) is 3.87. The number of likely N-dealkylation sites (tertiary alicyclic amines) is 2. The summed E-state index contributed by atoms with van der Waals surface area (Å²) in [7, 11) is 6.37. The van der Waals surface area contributed by atoms with E-state index < -0.39 is 54.1 Å². The predicted octanol–water partition coefficient (Wildman–Crippen LogP) is 6.48. The Morgan fingerprint density at radius 3 is 2.03 bits per heavy atom. The third kappa shape index (κ3) is 15.2. The van der Waals surface area contributed by atoms with Crippen molar-refractivity contribution in [3.8, 4) is 0 Å². The summed E-state index contributed by atoms with van der Waals surface area (Å²) in [4.78, 5) is 113. The van der Waals surface area contributed by atoms with Crippen molar-refractivity contribution in [2.24, 2.45) is 41.4 Å². The van der Waals surface area contributed by atoms with Gasteiger partial charge in [0.1, 0.15) is 5.78 Å². The summed E-state index contributed by atoms with van der Waals surface area (Å²) < 4.78 is 12.0. The van der Waals surface area contributed by atoms with Gasteiger partial charge in [-0.05, 0) is 55.4 Å². The molecule has 10 atom stereocenters. The maximum atomic E-state index is 14.6. The van der Waals surface area contributed by atoms with Crippen LogP contribution in [0.4, 0.5) is 0 Å². The molecule has 0 spiro atoms. The molecule has 1 aromatic rings. The molecule has 15 heteroatoms.